The van der Waals surface area contributed by atoms with E-state index in [0.29, 0.717) is 6.61 Å². The second-order valence-corrected chi connectivity index (χ2v) is 3.24. The molecular formula is C9H17NO2. The van der Waals surface area contributed by atoms with E-state index in [4.69, 9.17) is 4.74 Å². The van der Waals surface area contributed by atoms with Gasteiger partial charge in [-0.05, 0) is 25.9 Å². The molecule has 1 saturated heterocycles. The van der Waals surface area contributed by atoms with E-state index >= 15 is 0 Å². The zero-order valence-corrected chi connectivity index (χ0v) is 7.71. The van der Waals surface area contributed by atoms with Crippen molar-refractivity contribution in [3.05, 3.63) is 0 Å². The van der Waals surface area contributed by atoms with Gasteiger partial charge in [0.25, 0.3) is 0 Å². The largest absolute Gasteiger partial charge is 0.465 e. The lowest BCUT2D eigenvalue weighted by Gasteiger charge is -2.25. The Morgan fingerprint density at radius 2 is 2.00 bits per heavy atom. The number of hydrogen-bond acceptors (Lipinski definition) is 3. The summed E-state index contributed by atoms with van der Waals surface area (Å²) in [6.07, 6.45) is 3.93. The highest BCUT2D eigenvalue weighted by molar-refractivity contribution is 5.65. The summed E-state index contributed by atoms with van der Waals surface area (Å²) >= 11 is 0. The molecule has 1 aliphatic heterocycles. The van der Waals surface area contributed by atoms with Crippen LogP contribution in [0.2, 0.25) is 0 Å². The number of carbonyl (C=O) groups excluding carboxylic acids is 1. The molecule has 0 N–H and O–H groups in total. The van der Waals surface area contributed by atoms with Crippen molar-refractivity contribution in [1.82, 2.24) is 4.90 Å². The van der Waals surface area contributed by atoms with Gasteiger partial charge in [0.2, 0.25) is 0 Å². The Morgan fingerprint density at radius 1 is 1.33 bits per heavy atom. The van der Waals surface area contributed by atoms with Crippen LogP contribution in [0, 0.1) is 0 Å². The van der Waals surface area contributed by atoms with Crippen LogP contribution in [0.25, 0.3) is 0 Å². The van der Waals surface area contributed by atoms with E-state index in [2.05, 4.69) is 4.90 Å². The maximum Gasteiger partial charge on any atom is 0.302 e. The SMILES string of the molecule is CC(=O)OCCN1CCCCC1. The highest BCUT2D eigenvalue weighted by Crippen LogP contribution is 2.07. The molecule has 1 fully saturated rings. The third kappa shape index (κ3) is 3.72. The Morgan fingerprint density at radius 3 is 2.58 bits per heavy atom. The van der Waals surface area contributed by atoms with Gasteiger partial charge in [-0.2, -0.15) is 0 Å². The summed E-state index contributed by atoms with van der Waals surface area (Å²) in [6, 6.07) is 0. The summed E-state index contributed by atoms with van der Waals surface area (Å²) in [5, 5.41) is 0. The first-order chi connectivity index (χ1) is 5.79. The number of esters is 1. The first-order valence-corrected chi connectivity index (χ1v) is 4.65. The van der Waals surface area contributed by atoms with Crippen molar-refractivity contribution in [2.75, 3.05) is 26.2 Å². The maximum atomic E-state index is 10.4. The molecule has 1 rings (SSSR count). The molecule has 0 bridgehead atoms. The standard InChI is InChI=1S/C9H17NO2/c1-9(11)12-8-7-10-5-3-2-4-6-10/h2-8H2,1H3. The molecule has 0 aromatic rings. The molecule has 0 aliphatic carbocycles. The minimum absolute atomic E-state index is 0.174. The molecule has 0 atom stereocenters. The summed E-state index contributed by atoms with van der Waals surface area (Å²) in [5.74, 6) is -0.174. The Bertz CT molecular complexity index is 141. The van der Waals surface area contributed by atoms with Crippen LogP contribution in [0.1, 0.15) is 26.2 Å². The topological polar surface area (TPSA) is 29.5 Å². The summed E-state index contributed by atoms with van der Waals surface area (Å²) in [5.41, 5.74) is 0. The van der Waals surface area contributed by atoms with Gasteiger partial charge in [-0.3, -0.25) is 9.69 Å². The van der Waals surface area contributed by atoms with E-state index in [1.54, 1.807) is 0 Å². The molecule has 3 nitrogen and oxygen atoms in total. The van der Waals surface area contributed by atoms with E-state index < -0.39 is 0 Å². The Labute approximate surface area is 73.7 Å². The van der Waals surface area contributed by atoms with Crippen molar-refractivity contribution in [3.63, 3.8) is 0 Å². The Kier molecular flexibility index (Phi) is 4.08. The quantitative estimate of drug-likeness (QED) is 0.594. The number of hydrogen-bond donors (Lipinski definition) is 0. The minimum Gasteiger partial charge on any atom is -0.465 e. The van der Waals surface area contributed by atoms with Crippen LogP contribution < -0.4 is 0 Å². The molecule has 0 radical (unpaired) electrons. The Hall–Kier alpha value is -0.570. The van der Waals surface area contributed by atoms with Gasteiger partial charge < -0.3 is 4.74 Å². The lowest BCUT2D eigenvalue weighted by molar-refractivity contribution is -0.141. The molecule has 70 valence electrons. The fourth-order valence-electron chi connectivity index (χ4n) is 1.50. The van der Waals surface area contributed by atoms with Gasteiger partial charge >= 0.3 is 5.97 Å². The molecular weight excluding hydrogens is 154 g/mol. The van der Waals surface area contributed by atoms with Gasteiger partial charge in [0.15, 0.2) is 0 Å². The fraction of sp³-hybridized carbons (Fsp3) is 0.889. The molecule has 0 saturated carbocycles. The third-order valence-corrected chi connectivity index (χ3v) is 2.16. The van der Waals surface area contributed by atoms with Gasteiger partial charge in [-0.15, -0.1) is 0 Å². The predicted molar refractivity (Wildman–Crippen MR) is 46.9 cm³/mol. The van der Waals surface area contributed by atoms with Crippen molar-refractivity contribution in [1.29, 1.82) is 0 Å². The lowest BCUT2D eigenvalue weighted by Crippen LogP contribution is -2.32. The Balaban J connectivity index is 2.01. The van der Waals surface area contributed by atoms with Crippen LogP contribution in [-0.4, -0.2) is 37.1 Å². The molecule has 0 spiro atoms. The number of piperidine rings is 1. The zero-order chi connectivity index (χ0) is 8.81. The number of ether oxygens (including phenoxy) is 1. The zero-order valence-electron chi connectivity index (χ0n) is 7.71. The molecule has 1 heterocycles. The molecule has 0 amide bonds. The smallest absolute Gasteiger partial charge is 0.302 e. The molecule has 3 heteroatoms. The van der Waals surface area contributed by atoms with Crippen LogP contribution in [-0.2, 0) is 9.53 Å². The maximum absolute atomic E-state index is 10.4. The summed E-state index contributed by atoms with van der Waals surface area (Å²) in [6.45, 7) is 5.24. The van der Waals surface area contributed by atoms with Crippen molar-refractivity contribution in [2.24, 2.45) is 0 Å². The molecule has 0 aromatic carbocycles. The molecule has 0 unspecified atom stereocenters. The van der Waals surface area contributed by atoms with Crippen molar-refractivity contribution in [3.8, 4) is 0 Å². The van der Waals surface area contributed by atoms with Gasteiger partial charge in [0.05, 0.1) is 0 Å². The third-order valence-electron chi connectivity index (χ3n) is 2.16. The fourth-order valence-corrected chi connectivity index (χ4v) is 1.50. The average molecular weight is 171 g/mol. The lowest BCUT2D eigenvalue weighted by atomic mass is 10.1. The van der Waals surface area contributed by atoms with Crippen LogP contribution in [0.15, 0.2) is 0 Å². The molecule has 1 aliphatic rings. The average Bonchev–Trinajstić information content (AvgIpc) is 2.05. The number of carbonyl (C=O) groups is 1. The first kappa shape index (κ1) is 9.52. The second kappa shape index (κ2) is 5.14. The predicted octanol–water partition coefficient (Wildman–Crippen LogP) is 1.04. The van der Waals surface area contributed by atoms with Crippen LogP contribution >= 0.6 is 0 Å². The number of likely N-dealkylation sites (tertiary alicyclic amines) is 1. The van der Waals surface area contributed by atoms with E-state index in [1.165, 1.54) is 39.3 Å². The number of rotatable bonds is 3. The monoisotopic (exact) mass is 171 g/mol. The van der Waals surface area contributed by atoms with E-state index in [9.17, 15) is 4.79 Å². The minimum atomic E-state index is -0.174. The second-order valence-electron chi connectivity index (χ2n) is 3.24. The van der Waals surface area contributed by atoms with Gasteiger partial charge in [-0.25, -0.2) is 0 Å². The van der Waals surface area contributed by atoms with Crippen LogP contribution in [0.5, 0.6) is 0 Å². The summed E-state index contributed by atoms with van der Waals surface area (Å²) in [7, 11) is 0. The van der Waals surface area contributed by atoms with Crippen LogP contribution in [0.4, 0.5) is 0 Å². The summed E-state index contributed by atoms with van der Waals surface area (Å²) < 4.78 is 4.86. The highest BCUT2D eigenvalue weighted by Gasteiger charge is 2.09. The van der Waals surface area contributed by atoms with Gasteiger partial charge in [0, 0.05) is 13.5 Å². The number of nitrogens with zero attached hydrogens (tertiary/aromatic N) is 1. The van der Waals surface area contributed by atoms with Gasteiger partial charge in [-0.1, -0.05) is 6.42 Å². The van der Waals surface area contributed by atoms with E-state index in [0.717, 1.165) is 6.54 Å². The molecule has 12 heavy (non-hydrogen) atoms. The van der Waals surface area contributed by atoms with Crippen molar-refractivity contribution < 1.29 is 9.53 Å². The van der Waals surface area contributed by atoms with Crippen molar-refractivity contribution >= 4 is 5.97 Å². The van der Waals surface area contributed by atoms with Crippen molar-refractivity contribution in [2.45, 2.75) is 26.2 Å². The first-order valence-electron chi connectivity index (χ1n) is 4.65. The highest BCUT2D eigenvalue weighted by atomic mass is 16.5. The summed E-state index contributed by atoms with van der Waals surface area (Å²) in [4.78, 5) is 12.8. The van der Waals surface area contributed by atoms with Gasteiger partial charge in [0.1, 0.15) is 6.61 Å². The van der Waals surface area contributed by atoms with Crippen LogP contribution in [0.3, 0.4) is 0 Å². The molecule has 0 aromatic heterocycles. The normalized spacial score (nSPS) is 19.1. The van der Waals surface area contributed by atoms with E-state index in [1.807, 2.05) is 0 Å². The van der Waals surface area contributed by atoms with E-state index in [-0.39, 0.29) is 5.97 Å².